The summed E-state index contributed by atoms with van der Waals surface area (Å²) in [7, 11) is -0.453. The molecule has 2 N–H and O–H groups in total. The van der Waals surface area contributed by atoms with Crippen LogP contribution in [0, 0.1) is 13.8 Å². The molecule has 0 atom stereocenters. The fraction of sp³-hybridized carbons (Fsp3) is 0.444. The number of guanidine groups is 1. The number of aryl methyl sites for hydroxylation is 2. The molecule has 1 heterocycles. The topological polar surface area (TPSA) is 86.7 Å². The van der Waals surface area contributed by atoms with Gasteiger partial charge in [-0.1, -0.05) is 18.2 Å². The molecule has 0 saturated carbocycles. The summed E-state index contributed by atoms with van der Waals surface area (Å²) >= 11 is 1.66. The van der Waals surface area contributed by atoms with Gasteiger partial charge in [0.25, 0.3) is 0 Å². The van der Waals surface area contributed by atoms with Crippen LogP contribution in [0.5, 0.6) is 0 Å². The lowest BCUT2D eigenvalue weighted by Gasteiger charge is -2.15. The van der Waals surface area contributed by atoms with E-state index in [1.807, 2.05) is 26.8 Å². The maximum atomic E-state index is 12.5. The van der Waals surface area contributed by atoms with Crippen molar-refractivity contribution in [3.8, 4) is 0 Å². The van der Waals surface area contributed by atoms with E-state index in [0.29, 0.717) is 24.6 Å². The summed E-state index contributed by atoms with van der Waals surface area (Å²) in [5, 5.41) is 7.52. The van der Waals surface area contributed by atoms with Crippen LogP contribution in [0.25, 0.3) is 0 Å². The summed E-state index contributed by atoms with van der Waals surface area (Å²) in [6, 6.07) is 6.95. The molecule has 2 rings (SSSR count). The molecular weight excluding hydrogens is 382 g/mol. The van der Waals surface area contributed by atoms with Gasteiger partial charge in [-0.3, -0.25) is 0 Å². The molecule has 7 nitrogen and oxygen atoms in total. The normalized spacial score (nSPS) is 12.4. The number of thiazole rings is 1. The van der Waals surface area contributed by atoms with E-state index < -0.39 is 10.0 Å². The maximum Gasteiger partial charge on any atom is 0.242 e. The molecular formula is C18H27N5O2S2. The average molecular weight is 410 g/mol. The number of nitrogens with one attached hydrogen (secondary N) is 2. The first-order chi connectivity index (χ1) is 12.8. The zero-order valence-corrected chi connectivity index (χ0v) is 18.0. The van der Waals surface area contributed by atoms with Gasteiger partial charge in [0, 0.05) is 25.5 Å². The predicted molar refractivity (Wildman–Crippen MR) is 111 cm³/mol. The van der Waals surface area contributed by atoms with Gasteiger partial charge in [0.05, 0.1) is 28.7 Å². The quantitative estimate of drug-likeness (QED) is 0.541. The molecule has 0 amide bonds. The highest BCUT2D eigenvalue weighted by Crippen LogP contribution is 2.19. The van der Waals surface area contributed by atoms with Gasteiger partial charge in [-0.25, -0.2) is 22.7 Å². The van der Waals surface area contributed by atoms with E-state index in [9.17, 15) is 8.42 Å². The average Bonchev–Trinajstić information content (AvgIpc) is 2.94. The van der Waals surface area contributed by atoms with Crippen molar-refractivity contribution in [2.24, 2.45) is 4.99 Å². The molecule has 0 fully saturated rings. The molecule has 2 aromatic rings. The fourth-order valence-electron chi connectivity index (χ4n) is 2.49. The van der Waals surface area contributed by atoms with Crippen LogP contribution < -0.4 is 10.6 Å². The van der Waals surface area contributed by atoms with Crippen LogP contribution in [-0.2, 0) is 23.1 Å². The summed E-state index contributed by atoms with van der Waals surface area (Å²) in [5.74, 6) is 0.639. The van der Waals surface area contributed by atoms with Crippen LogP contribution in [0.15, 0.2) is 34.2 Å². The molecule has 0 aliphatic carbocycles. The summed E-state index contributed by atoms with van der Waals surface area (Å²) < 4.78 is 26.2. The van der Waals surface area contributed by atoms with E-state index in [2.05, 4.69) is 20.6 Å². The SMILES string of the molecule is CCNC(=NCc1ccccc1S(=O)(=O)N(C)C)NCc1sc(C)nc1C. The minimum Gasteiger partial charge on any atom is -0.357 e. The van der Waals surface area contributed by atoms with Crippen LogP contribution in [0.2, 0.25) is 0 Å². The van der Waals surface area contributed by atoms with Crippen molar-refractivity contribution in [1.82, 2.24) is 19.9 Å². The molecule has 27 heavy (non-hydrogen) atoms. The highest BCUT2D eigenvalue weighted by Gasteiger charge is 2.20. The zero-order valence-electron chi connectivity index (χ0n) is 16.4. The monoisotopic (exact) mass is 409 g/mol. The first kappa shape index (κ1) is 21.3. The molecule has 0 radical (unpaired) electrons. The Hall–Kier alpha value is -1.97. The Morgan fingerprint density at radius 1 is 1.22 bits per heavy atom. The van der Waals surface area contributed by atoms with Gasteiger partial charge < -0.3 is 10.6 Å². The Kier molecular flexibility index (Phi) is 7.34. The van der Waals surface area contributed by atoms with E-state index in [-0.39, 0.29) is 11.4 Å². The third-order valence-corrected chi connectivity index (χ3v) is 6.89. The molecule has 0 bridgehead atoms. The third kappa shape index (κ3) is 5.50. The Morgan fingerprint density at radius 3 is 2.52 bits per heavy atom. The Balaban J connectivity index is 2.19. The van der Waals surface area contributed by atoms with E-state index in [1.165, 1.54) is 18.4 Å². The van der Waals surface area contributed by atoms with Crippen molar-refractivity contribution < 1.29 is 8.42 Å². The lowest BCUT2D eigenvalue weighted by Crippen LogP contribution is -2.36. The molecule has 0 saturated heterocycles. The minimum absolute atomic E-state index is 0.263. The first-order valence-electron chi connectivity index (χ1n) is 8.71. The number of sulfonamides is 1. The highest BCUT2D eigenvalue weighted by molar-refractivity contribution is 7.89. The number of aromatic nitrogens is 1. The van der Waals surface area contributed by atoms with E-state index in [1.54, 1.807) is 29.5 Å². The van der Waals surface area contributed by atoms with Gasteiger partial charge >= 0.3 is 0 Å². The number of rotatable bonds is 7. The van der Waals surface area contributed by atoms with Crippen LogP contribution in [0.3, 0.4) is 0 Å². The van der Waals surface area contributed by atoms with Crippen molar-refractivity contribution in [2.45, 2.75) is 38.8 Å². The molecule has 0 aliphatic heterocycles. The van der Waals surface area contributed by atoms with Crippen molar-refractivity contribution >= 4 is 27.3 Å². The maximum absolute atomic E-state index is 12.5. The third-order valence-electron chi connectivity index (χ3n) is 3.90. The predicted octanol–water partition coefficient (Wildman–Crippen LogP) is 2.27. The van der Waals surface area contributed by atoms with Crippen LogP contribution in [0.1, 0.15) is 28.1 Å². The van der Waals surface area contributed by atoms with Crippen molar-refractivity contribution in [1.29, 1.82) is 0 Å². The molecule has 0 unspecified atom stereocenters. The Bertz CT molecular complexity index is 904. The van der Waals surface area contributed by atoms with E-state index >= 15 is 0 Å². The number of hydrogen-bond acceptors (Lipinski definition) is 5. The van der Waals surface area contributed by atoms with Gasteiger partial charge in [0.2, 0.25) is 10.0 Å². The van der Waals surface area contributed by atoms with E-state index in [0.717, 1.165) is 15.6 Å². The summed E-state index contributed by atoms with van der Waals surface area (Å²) in [4.78, 5) is 10.4. The van der Waals surface area contributed by atoms with Crippen LogP contribution in [0.4, 0.5) is 0 Å². The minimum atomic E-state index is -3.51. The molecule has 148 valence electrons. The standard InChI is InChI=1S/C18H27N5O2S2/c1-6-19-18(21-12-16-13(2)22-14(3)26-16)20-11-15-9-7-8-10-17(15)27(24,25)23(4)5/h7-10H,6,11-12H2,1-5H3,(H2,19,20,21). The van der Waals surface area contributed by atoms with Crippen LogP contribution in [-0.4, -0.2) is 44.3 Å². The number of aliphatic imine (C=N–C) groups is 1. The lowest BCUT2D eigenvalue weighted by atomic mass is 10.2. The molecule has 9 heteroatoms. The van der Waals surface area contributed by atoms with Gasteiger partial charge in [-0.2, -0.15) is 0 Å². The molecule has 1 aromatic carbocycles. The highest BCUT2D eigenvalue weighted by atomic mass is 32.2. The van der Waals surface area contributed by atoms with Gasteiger partial charge in [0.1, 0.15) is 0 Å². The number of hydrogen-bond donors (Lipinski definition) is 2. The van der Waals surface area contributed by atoms with Gasteiger partial charge in [0.15, 0.2) is 5.96 Å². The van der Waals surface area contributed by atoms with E-state index in [4.69, 9.17) is 0 Å². The first-order valence-corrected chi connectivity index (χ1v) is 11.0. The lowest BCUT2D eigenvalue weighted by molar-refractivity contribution is 0.519. The Morgan fingerprint density at radius 2 is 1.93 bits per heavy atom. The fourth-order valence-corrected chi connectivity index (χ4v) is 4.47. The summed E-state index contributed by atoms with van der Waals surface area (Å²) in [6.45, 7) is 7.57. The molecule has 0 spiro atoms. The largest absolute Gasteiger partial charge is 0.357 e. The van der Waals surface area contributed by atoms with Gasteiger partial charge in [-0.15, -0.1) is 11.3 Å². The zero-order chi connectivity index (χ0) is 20.0. The molecule has 0 aliphatic rings. The van der Waals surface area contributed by atoms with Crippen LogP contribution >= 0.6 is 11.3 Å². The van der Waals surface area contributed by atoms with Crippen molar-refractivity contribution in [3.63, 3.8) is 0 Å². The second-order valence-corrected chi connectivity index (χ2v) is 9.59. The smallest absolute Gasteiger partial charge is 0.242 e. The second-order valence-electron chi connectivity index (χ2n) is 6.19. The number of nitrogens with zero attached hydrogens (tertiary/aromatic N) is 3. The second kappa shape index (κ2) is 9.29. The molecule has 1 aromatic heterocycles. The summed E-state index contributed by atoms with van der Waals surface area (Å²) in [5.41, 5.74) is 1.68. The Labute approximate surface area is 165 Å². The summed E-state index contributed by atoms with van der Waals surface area (Å²) in [6.07, 6.45) is 0. The van der Waals surface area contributed by atoms with Crippen molar-refractivity contribution in [2.75, 3.05) is 20.6 Å². The van der Waals surface area contributed by atoms with Crippen molar-refractivity contribution in [3.05, 3.63) is 45.4 Å². The number of benzene rings is 1. The van der Waals surface area contributed by atoms with Gasteiger partial charge in [-0.05, 0) is 32.4 Å².